The third kappa shape index (κ3) is 9.09. The third-order valence-electron chi connectivity index (χ3n) is 10.5. The molecule has 0 spiro atoms. The highest BCUT2D eigenvalue weighted by Crippen LogP contribution is 2.39. The normalized spacial score (nSPS) is 22.3. The van der Waals surface area contributed by atoms with Gasteiger partial charge >= 0.3 is 0 Å². The van der Waals surface area contributed by atoms with E-state index in [0.717, 1.165) is 23.7 Å². The predicted molar refractivity (Wildman–Crippen MR) is 174 cm³/mol. The van der Waals surface area contributed by atoms with E-state index >= 15 is 0 Å². The molecule has 0 bridgehead atoms. The molecule has 0 heteroatoms. The van der Waals surface area contributed by atoms with Crippen molar-refractivity contribution in [1.82, 2.24) is 0 Å². The summed E-state index contributed by atoms with van der Waals surface area (Å²) in [6, 6.07) is 30.9. The van der Waals surface area contributed by atoms with Crippen molar-refractivity contribution in [2.24, 2.45) is 17.8 Å². The van der Waals surface area contributed by atoms with Crippen LogP contribution in [0.1, 0.15) is 126 Å². The van der Waals surface area contributed by atoms with E-state index in [2.05, 4.69) is 84.9 Å². The molecular weight excluding hydrogens is 480 g/mol. The molecule has 3 aromatic carbocycles. The Labute approximate surface area is 246 Å². The van der Waals surface area contributed by atoms with Crippen LogP contribution in [0.3, 0.4) is 0 Å². The average Bonchev–Trinajstić information content (AvgIpc) is 3.05. The Kier molecular flexibility index (Phi) is 11.8. The predicted octanol–water partition coefficient (Wildman–Crippen LogP) is 12.2. The molecule has 214 valence electrons. The van der Waals surface area contributed by atoms with Crippen LogP contribution in [-0.4, -0.2) is 0 Å². The van der Waals surface area contributed by atoms with Crippen LogP contribution in [0, 0.1) is 17.8 Å². The Morgan fingerprint density at radius 3 is 1.55 bits per heavy atom. The zero-order valence-electron chi connectivity index (χ0n) is 25.1. The first kappa shape index (κ1) is 29.2. The van der Waals surface area contributed by atoms with Crippen LogP contribution in [-0.2, 0) is 6.42 Å². The van der Waals surface area contributed by atoms with Crippen LogP contribution in [0.5, 0.6) is 0 Å². The van der Waals surface area contributed by atoms with Crippen molar-refractivity contribution in [3.05, 3.63) is 96.1 Å². The molecule has 0 unspecified atom stereocenters. The molecule has 0 aromatic heterocycles. The van der Waals surface area contributed by atoms with Crippen LogP contribution in [0.4, 0.5) is 0 Å². The Balaban J connectivity index is 0.000000161. The zero-order chi connectivity index (χ0) is 27.2. The van der Waals surface area contributed by atoms with Crippen molar-refractivity contribution in [3.63, 3.8) is 0 Å². The summed E-state index contributed by atoms with van der Waals surface area (Å²) in [7, 11) is 0. The zero-order valence-corrected chi connectivity index (χ0v) is 25.1. The third-order valence-corrected chi connectivity index (χ3v) is 10.5. The molecule has 0 nitrogen and oxygen atoms in total. The van der Waals surface area contributed by atoms with Gasteiger partial charge in [0.2, 0.25) is 0 Å². The highest BCUT2D eigenvalue weighted by molar-refractivity contribution is 5.67. The van der Waals surface area contributed by atoms with Gasteiger partial charge in [-0.15, -0.1) is 0 Å². The number of hydrogen-bond acceptors (Lipinski definition) is 0. The van der Waals surface area contributed by atoms with Crippen molar-refractivity contribution in [2.75, 3.05) is 0 Å². The van der Waals surface area contributed by atoms with Gasteiger partial charge in [-0.3, -0.25) is 0 Å². The maximum absolute atomic E-state index is 2.33. The van der Waals surface area contributed by atoms with Gasteiger partial charge in [0, 0.05) is 0 Å². The molecule has 3 aliphatic rings. The lowest BCUT2D eigenvalue weighted by Crippen LogP contribution is -2.15. The number of aryl methyl sites for hydroxylation is 1. The van der Waals surface area contributed by atoms with Crippen molar-refractivity contribution in [2.45, 2.75) is 121 Å². The van der Waals surface area contributed by atoms with Crippen molar-refractivity contribution in [1.29, 1.82) is 0 Å². The van der Waals surface area contributed by atoms with Gasteiger partial charge in [-0.25, -0.2) is 0 Å². The molecule has 3 aliphatic carbocycles. The van der Waals surface area contributed by atoms with Gasteiger partial charge in [-0.05, 0) is 84.5 Å². The lowest BCUT2D eigenvalue weighted by atomic mass is 9.75. The molecule has 0 N–H and O–H groups in total. The lowest BCUT2D eigenvalue weighted by molar-refractivity contribution is 0.261. The maximum atomic E-state index is 2.33. The lowest BCUT2D eigenvalue weighted by Gasteiger charge is -2.30. The van der Waals surface area contributed by atoms with Crippen LogP contribution in [0.25, 0.3) is 11.1 Å². The summed E-state index contributed by atoms with van der Waals surface area (Å²) in [6.07, 6.45) is 26.3. The Bertz CT molecular complexity index is 1060. The van der Waals surface area contributed by atoms with Crippen LogP contribution >= 0.6 is 0 Å². The van der Waals surface area contributed by atoms with E-state index in [0.29, 0.717) is 0 Å². The minimum atomic E-state index is 0.849. The molecule has 0 heterocycles. The van der Waals surface area contributed by atoms with E-state index < -0.39 is 0 Å². The standard InChI is InChI=1S/C20H24.C20H30/c1-3-9-17(10-4-1)15-16-19-13-7-8-14-20(19)18-11-5-2-6-12-18;1-3-7-17(8-4-1)11-12-18-13-15-20(16-14-18)19-9-5-2-6-10-19/h2,5-8,11-14,17H,1,3-4,9-10,15-16H2;2,5-6,9-10,17-18,20H,1,3-4,7-8,11-16H2. The van der Waals surface area contributed by atoms with Crippen molar-refractivity contribution in [3.8, 4) is 11.1 Å². The fraction of sp³-hybridized carbons (Fsp3) is 0.550. The number of benzene rings is 3. The van der Waals surface area contributed by atoms with Gasteiger partial charge in [0.05, 0.1) is 0 Å². The maximum Gasteiger partial charge on any atom is -0.0152 e. The molecular formula is C40H54. The van der Waals surface area contributed by atoms with Gasteiger partial charge in [-0.1, -0.05) is 162 Å². The second kappa shape index (κ2) is 16.2. The summed E-state index contributed by atoms with van der Waals surface area (Å²) in [5.74, 6) is 3.93. The molecule has 3 fully saturated rings. The van der Waals surface area contributed by atoms with Crippen LogP contribution in [0.15, 0.2) is 84.9 Å². The van der Waals surface area contributed by atoms with Gasteiger partial charge in [0.15, 0.2) is 0 Å². The average molecular weight is 535 g/mol. The van der Waals surface area contributed by atoms with Gasteiger partial charge in [0.25, 0.3) is 0 Å². The molecule has 0 aliphatic heterocycles. The van der Waals surface area contributed by atoms with E-state index in [1.54, 1.807) is 5.56 Å². The largest absolute Gasteiger partial charge is 0.0622 e. The summed E-state index contributed by atoms with van der Waals surface area (Å²) in [4.78, 5) is 0. The van der Waals surface area contributed by atoms with E-state index in [1.165, 1.54) is 132 Å². The Hall–Kier alpha value is -2.34. The molecule has 0 radical (unpaired) electrons. The summed E-state index contributed by atoms with van der Waals surface area (Å²) in [5, 5.41) is 0. The molecule has 6 rings (SSSR count). The first-order chi connectivity index (χ1) is 19.8. The second-order valence-electron chi connectivity index (χ2n) is 13.3. The monoisotopic (exact) mass is 534 g/mol. The molecule has 0 saturated heterocycles. The van der Waals surface area contributed by atoms with Gasteiger partial charge in [0.1, 0.15) is 0 Å². The molecule has 0 amide bonds. The fourth-order valence-electron chi connectivity index (χ4n) is 7.93. The topological polar surface area (TPSA) is 0 Å². The van der Waals surface area contributed by atoms with E-state index in [4.69, 9.17) is 0 Å². The molecule has 40 heavy (non-hydrogen) atoms. The van der Waals surface area contributed by atoms with E-state index in [1.807, 2.05) is 0 Å². The highest BCUT2D eigenvalue weighted by atomic mass is 14.3. The fourth-order valence-corrected chi connectivity index (χ4v) is 7.93. The molecule has 3 aromatic rings. The first-order valence-corrected chi connectivity index (χ1v) is 17.0. The summed E-state index contributed by atoms with van der Waals surface area (Å²) in [5.41, 5.74) is 5.87. The second-order valence-corrected chi connectivity index (χ2v) is 13.3. The van der Waals surface area contributed by atoms with Crippen molar-refractivity contribution >= 4 is 0 Å². The smallest absolute Gasteiger partial charge is 0.0152 e. The Morgan fingerprint density at radius 1 is 0.425 bits per heavy atom. The first-order valence-electron chi connectivity index (χ1n) is 17.0. The van der Waals surface area contributed by atoms with E-state index in [9.17, 15) is 0 Å². The minimum Gasteiger partial charge on any atom is -0.0622 e. The molecule has 0 atom stereocenters. The number of hydrogen-bond donors (Lipinski definition) is 0. The highest BCUT2D eigenvalue weighted by Gasteiger charge is 2.23. The van der Waals surface area contributed by atoms with Crippen LogP contribution < -0.4 is 0 Å². The van der Waals surface area contributed by atoms with Gasteiger partial charge in [-0.2, -0.15) is 0 Å². The summed E-state index contributed by atoms with van der Waals surface area (Å²) < 4.78 is 0. The minimum absolute atomic E-state index is 0.849. The summed E-state index contributed by atoms with van der Waals surface area (Å²) >= 11 is 0. The SMILES string of the molecule is c1ccc(-c2ccccc2CCC2CCCCC2)cc1.c1ccc(C2CCC(CCC3CCCCC3)CC2)cc1. The number of rotatable bonds is 8. The van der Waals surface area contributed by atoms with Gasteiger partial charge < -0.3 is 0 Å². The molecule has 3 saturated carbocycles. The van der Waals surface area contributed by atoms with Crippen LogP contribution in [0.2, 0.25) is 0 Å². The van der Waals surface area contributed by atoms with E-state index in [-0.39, 0.29) is 0 Å². The Morgan fingerprint density at radius 2 is 0.925 bits per heavy atom. The van der Waals surface area contributed by atoms with Crippen molar-refractivity contribution < 1.29 is 0 Å². The quantitative estimate of drug-likeness (QED) is 0.269. The summed E-state index contributed by atoms with van der Waals surface area (Å²) in [6.45, 7) is 0.